The van der Waals surface area contributed by atoms with Crippen LogP contribution < -0.4 is 5.32 Å². The molecule has 0 saturated carbocycles. The maximum Gasteiger partial charge on any atom is -0.00161 e. The second kappa shape index (κ2) is 9.15. The number of benzene rings is 1. The summed E-state index contributed by atoms with van der Waals surface area (Å²) in [6.45, 7) is 5.12. The molecular formula is C18H30N2. The summed E-state index contributed by atoms with van der Waals surface area (Å²) in [5, 5.41) is 3.27. The summed E-state index contributed by atoms with van der Waals surface area (Å²) >= 11 is 0. The molecule has 112 valence electrons. The van der Waals surface area contributed by atoms with E-state index >= 15 is 0 Å². The van der Waals surface area contributed by atoms with Gasteiger partial charge in [-0.25, -0.2) is 0 Å². The molecule has 0 aliphatic carbocycles. The van der Waals surface area contributed by atoms with Crippen LogP contribution in [0.3, 0.4) is 0 Å². The fourth-order valence-electron chi connectivity index (χ4n) is 3.16. The lowest BCUT2D eigenvalue weighted by molar-refractivity contribution is 0.176. The highest BCUT2D eigenvalue weighted by Gasteiger charge is 2.17. The molecule has 0 radical (unpaired) electrons. The molecule has 1 aromatic rings. The van der Waals surface area contributed by atoms with Crippen molar-refractivity contribution in [2.24, 2.45) is 5.92 Å². The molecule has 2 heteroatoms. The number of aryl methyl sites for hydroxylation is 1. The molecular weight excluding hydrogens is 244 g/mol. The van der Waals surface area contributed by atoms with Crippen LogP contribution in [-0.2, 0) is 6.42 Å². The standard InChI is InChI=1S/C18H30N2/c1-19-13-10-18-11-15-20(16-12-18)14-6-5-9-17-7-3-2-4-8-17/h2-4,7-8,18-19H,5-6,9-16H2,1H3. The van der Waals surface area contributed by atoms with Crippen LogP contribution >= 0.6 is 0 Å². The van der Waals surface area contributed by atoms with Crippen molar-refractivity contribution in [2.45, 2.75) is 38.5 Å². The maximum absolute atomic E-state index is 3.27. The van der Waals surface area contributed by atoms with E-state index in [0.717, 1.165) is 5.92 Å². The van der Waals surface area contributed by atoms with Crippen LogP contribution in [0, 0.1) is 5.92 Å². The van der Waals surface area contributed by atoms with Gasteiger partial charge in [0.05, 0.1) is 0 Å². The first-order chi connectivity index (χ1) is 9.88. The number of rotatable bonds is 8. The first kappa shape index (κ1) is 15.5. The van der Waals surface area contributed by atoms with Gasteiger partial charge >= 0.3 is 0 Å². The number of nitrogens with one attached hydrogen (secondary N) is 1. The first-order valence-corrected chi connectivity index (χ1v) is 8.29. The van der Waals surface area contributed by atoms with E-state index in [4.69, 9.17) is 0 Å². The molecule has 1 aromatic carbocycles. The van der Waals surface area contributed by atoms with Crippen LogP contribution in [-0.4, -0.2) is 38.1 Å². The van der Waals surface area contributed by atoms with Crippen LogP contribution in [0.5, 0.6) is 0 Å². The van der Waals surface area contributed by atoms with Crippen LogP contribution in [0.25, 0.3) is 0 Å². The van der Waals surface area contributed by atoms with Crippen LogP contribution in [0.1, 0.15) is 37.7 Å². The monoisotopic (exact) mass is 274 g/mol. The van der Waals surface area contributed by atoms with Gasteiger partial charge < -0.3 is 10.2 Å². The molecule has 2 rings (SSSR count). The molecule has 0 bridgehead atoms. The molecule has 1 heterocycles. The van der Waals surface area contributed by atoms with E-state index in [1.54, 1.807) is 0 Å². The average Bonchev–Trinajstić information content (AvgIpc) is 2.52. The second-order valence-electron chi connectivity index (χ2n) is 6.12. The predicted octanol–water partition coefficient (Wildman–Crippen LogP) is 3.33. The number of nitrogens with zero attached hydrogens (tertiary/aromatic N) is 1. The average molecular weight is 274 g/mol. The van der Waals surface area contributed by atoms with Crippen molar-refractivity contribution in [1.29, 1.82) is 0 Å². The molecule has 0 unspecified atom stereocenters. The summed E-state index contributed by atoms with van der Waals surface area (Å²) in [5.74, 6) is 0.961. The van der Waals surface area contributed by atoms with Crippen molar-refractivity contribution >= 4 is 0 Å². The summed E-state index contributed by atoms with van der Waals surface area (Å²) in [5.41, 5.74) is 1.48. The molecule has 1 N–H and O–H groups in total. The molecule has 1 fully saturated rings. The molecule has 0 aromatic heterocycles. The fraction of sp³-hybridized carbons (Fsp3) is 0.667. The summed E-state index contributed by atoms with van der Waals surface area (Å²) in [7, 11) is 2.06. The van der Waals surface area contributed by atoms with Gasteiger partial charge in [-0.1, -0.05) is 30.3 Å². The Kier molecular flexibility index (Phi) is 7.10. The number of unbranched alkanes of at least 4 members (excludes halogenated alkanes) is 1. The van der Waals surface area contributed by atoms with E-state index in [-0.39, 0.29) is 0 Å². The van der Waals surface area contributed by atoms with Crippen LogP contribution in [0.15, 0.2) is 30.3 Å². The van der Waals surface area contributed by atoms with Gasteiger partial charge in [-0.15, -0.1) is 0 Å². The minimum absolute atomic E-state index is 0.961. The number of hydrogen-bond acceptors (Lipinski definition) is 2. The lowest BCUT2D eigenvalue weighted by atomic mass is 9.93. The van der Waals surface area contributed by atoms with E-state index in [2.05, 4.69) is 47.6 Å². The zero-order valence-corrected chi connectivity index (χ0v) is 13.0. The summed E-state index contributed by atoms with van der Waals surface area (Å²) in [4.78, 5) is 2.67. The van der Waals surface area contributed by atoms with Crippen LogP contribution in [0.4, 0.5) is 0 Å². The van der Waals surface area contributed by atoms with Gasteiger partial charge in [0.1, 0.15) is 0 Å². The number of likely N-dealkylation sites (tertiary alicyclic amines) is 1. The summed E-state index contributed by atoms with van der Waals surface area (Å²) in [6, 6.07) is 10.9. The summed E-state index contributed by atoms with van der Waals surface area (Å²) < 4.78 is 0. The van der Waals surface area contributed by atoms with Crippen molar-refractivity contribution in [3.8, 4) is 0 Å². The Bertz CT molecular complexity index is 342. The molecule has 1 saturated heterocycles. The van der Waals surface area contributed by atoms with Gasteiger partial charge in [-0.05, 0) is 83.2 Å². The Morgan fingerprint density at radius 2 is 1.85 bits per heavy atom. The molecule has 20 heavy (non-hydrogen) atoms. The smallest absolute Gasteiger partial charge is 0.00161 e. The highest BCUT2D eigenvalue weighted by molar-refractivity contribution is 5.14. The van der Waals surface area contributed by atoms with Crippen molar-refractivity contribution in [2.75, 3.05) is 33.2 Å². The molecule has 0 amide bonds. The van der Waals surface area contributed by atoms with Gasteiger partial charge in [0.15, 0.2) is 0 Å². The predicted molar refractivity (Wildman–Crippen MR) is 87.1 cm³/mol. The largest absolute Gasteiger partial charge is 0.320 e. The van der Waals surface area contributed by atoms with Gasteiger partial charge in [0.2, 0.25) is 0 Å². The first-order valence-electron chi connectivity index (χ1n) is 8.29. The lowest BCUT2D eigenvalue weighted by Gasteiger charge is -2.32. The third kappa shape index (κ3) is 5.64. The van der Waals surface area contributed by atoms with Crippen LogP contribution in [0.2, 0.25) is 0 Å². The zero-order valence-electron chi connectivity index (χ0n) is 13.0. The molecule has 0 atom stereocenters. The maximum atomic E-state index is 3.27. The van der Waals surface area contributed by atoms with E-state index in [1.165, 1.54) is 70.3 Å². The third-order valence-corrected chi connectivity index (χ3v) is 4.54. The van der Waals surface area contributed by atoms with Crippen molar-refractivity contribution in [3.63, 3.8) is 0 Å². The van der Waals surface area contributed by atoms with Gasteiger partial charge in [-0.3, -0.25) is 0 Å². The Morgan fingerprint density at radius 1 is 1.10 bits per heavy atom. The number of hydrogen-bond donors (Lipinski definition) is 1. The highest BCUT2D eigenvalue weighted by Crippen LogP contribution is 2.20. The molecule has 2 nitrogen and oxygen atoms in total. The van der Waals surface area contributed by atoms with E-state index in [1.807, 2.05) is 0 Å². The zero-order chi connectivity index (χ0) is 14.0. The molecule has 1 aliphatic rings. The third-order valence-electron chi connectivity index (χ3n) is 4.54. The second-order valence-corrected chi connectivity index (χ2v) is 6.12. The Hall–Kier alpha value is -0.860. The number of piperidine rings is 1. The molecule has 1 aliphatic heterocycles. The Balaban J connectivity index is 1.53. The topological polar surface area (TPSA) is 15.3 Å². The lowest BCUT2D eigenvalue weighted by Crippen LogP contribution is -2.35. The van der Waals surface area contributed by atoms with Gasteiger partial charge in [-0.2, -0.15) is 0 Å². The van der Waals surface area contributed by atoms with Crippen molar-refractivity contribution < 1.29 is 0 Å². The van der Waals surface area contributed by atoms with E-state index < -0.39 is 0 Å². The Morgan fingerprint density at radius 3 is 2.55 bits per heavy atom. The highest BCUT2D eigenvalue weighted by atomic mass is 15.1. The van der Waals surface area contributed by atoms with E-state index in [9.17, 15) is 0 Å². The minimum atomic E-state index is 0.961. The summed E-state index contributed by atoms with van der Waals surface area (Å²) in [6.07, 6.45) is 8.07. The van der Waals surface area contributed by atoms with Crippen molar-refractivity contribution in [1.82, 2.24) is 10.2 Å². The Labute approximate surface area is 124 Å². The minimum Gasteiger partial charge on any atom is -0.320 e. The fourth-order valence-corrected chi connectivity index (χ4v) is 3.16. The molecule has 0 spiro atoms. The van der Waals surface area contributed by atoms with E-state index in [0.29, 0.717) is 0 Å². The normalized spacial score (nSPS) is 17.4. The van der Waals surface area contributed by atoms with Crippen molar-refractivity contribution in [3.05, 3.63) is 35.9 Å². The van der Waals surface area contributed by atoms with Gasteiger partial charge in [0, 0.05) is 0 Å². The SMILES string of the molecule is CNCCC1CCN(CCCCc2ccccc2)CC1. The quantitative estimate of drug-likeness (QED) is 0.732. The van der Waals surface area contributed by atoms with Gasteiger partial charge in [0.25, 0.3) is 0 Å².